The van der Waals surface area contributed by atoms with E-state index in [0.29, 0.717) is 16.8 Å². The zero-order chi connectivity index (χ0) is 29.6. The van der Waals surface area contributed by atoms with Crippen molar-refractivity contribution < 1.29 is 34.7 Å². The van der Waals surface area contributed by atoms with Crippen LogP contribution in [0.3, 0.4) is 0 Å². The molecular formula is C25H28F3N5O5S2. The fourth-order valence-corrected chi connectivity index (χ4v) is 6.06. The van der Waals surface area contributed by atoms with E-state index in [4.69, 9.17) is 16.2 Å². The molecule has 1 aliphatic rings. The number of anilines is 1. The first-order valence-electron chi connectivity index (χ1n) is 11.8. The third-order valence-electron chi connectivity index (χ3n) is 6.41. The number of aromatic nitrogens is 1. The molecule has 2 aromatic carbocycles. The Bertz CT molecular complexity index is 1650. The van der Waals surface area contributed by atoms with Crippen molar-refractivity contribution in [3.05, 3.63) is 65.9 Å². The van der Waals surface area contributed by atoms with Gasteiger partial charge in [0.05, 0.1) is 35.6 Å². The molecule has 0 spiro atoms. The standard InChI is InChI=1S/C25H28F3N5O5S2/c1-38-20-10-7-16(12-21(20)40(3,36)37)18-8-9-19-22(31-18)23(29)33(14-25(26,27)28)24(30)32(19)13-15-5-4-6-17(11-15)39(2,34)35/h4-12,23-24H,13-14,29-30H2,1-3H3. The number of methoxy groups -OCH3 is 1. The molecule has 3 aromatic rings. The van der Waals surface area contributed by atoms with E-state index in [-0.39, 0.29) is 33.5 Å². The molecule has 0 saturated heterocycles. The number of halogens is 3. The molecule has 216 valence electrons. The highest BCUT2D eigenvalue weighted by atomic mass is 32.2. The van der Waals surface area contributed by atoms with Crippen LogP contribution in [0.2, 0.25) is 0 Å². The van der Waals surface area contributed by atoms with Crippen molar-refractivity contribution in [1.82, 2.24) is 9.88 Å². The number of nitrogens with two attached hydrogens (primary N) is 2. The predicted octanol–water partition coefficient (Wildman–Crippen LogP) is 2.65. The van der Waals surface area contributed by atoms with Crippen molar-refractivity contribution in [2.45, 2.75) is 35.0 Å². The summed E-state index contributed by atoms with van der Waals surface area (Å²) in [5, 5.41) is 0. The van der Waals surface area contributed by atoms with Gasteiger partial charge in [-0.05, 0) is 48.0 Å². The Labute approximate surface area is 230 Å². The maximum absolute atomic E-state index is 13.5. The first-order valence-corrected chi connectivity index (χ1v) is 15.6. The van der Waals surface area contributed by atoms with Crippen molar-refractivity contribution in [2.24, 2.45) is 11.5 Å². The molecular weight excluding hydrogens is 571 g/mol. The second-order valence-electron chi connectivity index (χ2n) is 9.43. The van der Waals surface area contributed by atoms with E-state index in [1.807, 2.05) is 0 Å². The third-order valence-corrected chi connectivity index (χ3v) is 8.64. The molecule has 1 aliphatic heterocycles. The van der Waals surface area contributed by atoms with Gasteiger partial charge in [-0.1, -0.05) is 12.1 Å². The first-order chi connectivity index (χ1) is 18.5. The van der Waals surface area contributed by atoms with Crippen LogP contribution in [0.25, 0.3) is 11.3 Å². The molecule has 0 fully saturated rings. The summed E-state index contributed by atoms with van der Waals surface area (Å²) in [6.45, 7) is -1.47. The van der Waals surface area contributed by atoms with Crippen molar-refractivity contribution in [2.75, 3.05) is 31.1 Å². The molecule has 0 bridgehead atoms. The van der Waals surface area contributed by atoms with E-state index in [1.54, 1.807) is 24.3 Å². The monoisotopic (exact) mass is 599 g/mol. The normalized spacial score (nSPS) is 18.4. The molecule has 4 rings (SSSR count). The van der Waals surface area contributed by atoms with Gasteiger partial charge >= 0.3 is 6.18 Å². The SMILES string of the molecule is COc1ccc(-c2ccc3c(n2)C(N)N(CC(F)(F)F)C(N)N3Cc2cccc(S(C)(=O)=O)c2)cc1S(C)(=O)=O. The Hall–Kier alpha value is -3.24. The van der Waals surface area contributed by atoms with Crippen LogP contribution in [0.15, 0.2) is 64.4 Å². The zero-order valence-corrected chi connectivity index (χ0v) is 23.4. The molecule has 2 unspecified atom stereocenters. The molecule has 0 amide bonds. The van der Waals surface area contributed by atoms with Crippen molar-refractivity contribution in [3.8, 4) is 17.0 Å². The van der Waals surface area contributed by atoms with Gasteiger partial charge < -0.3 is 15.4 Å². The molecule has 2 heterocycles. The molecule has 2 atom stereocenters. The largest absolute Gasteiger partial charge is 0.495 e. The predicted molar refractivity (Wildman–Crippen MR) is 143 cm³/mol. The first kappa shape index (κ1) is 29.7. The number of sulfone groups is 2. The Kier molecular flexibility index (Phi) is 7.90. The highest BCUT2D eigenvalue weighted by Crippen LogP contribution is 2.38. The van der Waals surface area contributed by atoms with Crippen LogP contribution < -0.4 is 21.1 Å². The number of ether oxygens (including phenoxy) is 1. The lowest BCUT2D eigenvalue weighted by molar-refractivity contribution is -0.158. The number of hydrogen-bond donors (Lipinski definition) is 2. The van der Waals surface area contributed by atoms with Crippen LogP contribution in [-0.4, -0.2) is 65.4 Å². The highest BCUT2D eigenvalue weighted by molar-refractivity contribution is 7.91. The van der Waals surface area contributed by atoms with Gasteiger partial charge in [0.25, 0.3) is 0 Å². The molecule has 15 heteroatoms. The van der Waals surface area contributed by atoms with E-state index in [2.05, 4.69) is 4.98 Å². The molecule has 4 N–H and O–H groups in total. The van der Waals surface area contributed by atoms with E-state index >= 15 is 0 Å². The number of nitrogens with zero attached hydrogens (tertiary/aromatic N) is 3. The van der Waals surface area contributed by atoms with Crippen LogP contribution in [0.1, 0.15) is 17.4 Å². The van der Waals surface area contributed by atoms with Gasteiger partial charge in [0.15, 0.2) is 19.7 Å². The quantitative estimate of drug-likeness (QED) is 0.415. The van der Waals surface area contributed by atoms with Crippen LogP contribution >= 0.6 is 0 Å². The number of benzene rings is 2. The lowest BCUT2D eigenvalue weighted by Crippen LogP contribution is -2.62. The summed E-state index contributed by atoms with van der Waals surface area (Å²) in [5.74, 6) is 0.130. The summed E-state index contributed by atoms with van der Waals surface area (Å²) < 4.78 is 94.5. The maximum atomic E-state index is 13.5. The smallest absolute Gasteiger partial charge is 0.401 e. The van der Waals surface area contributed by atoms with Crippen LogP contribution in [0.5, 0.6) is 5.75 Å². The number of rotatable bonds is 7. The van der Waals surface area contributed by atoms with Crippen molar-refractivity contribution in [3.63, 3.8) is 0 Å². The minimum absolute atomic E-state index is 0.0413. The van der Waals surface area contributed by atoms with E-state index in [1.165, 1.54) is 42.3 Å². The fraction of sp³-hybridized carbons (Fsp3) is 0.320. The van der Waals surface area contributed by atoms with Crippen LogP contribution in [0, 0.1) is 0 Å². The number of hydrogen-bond acceptors (Lipinski definition) is 10. The van der Waals surface area contributed by atoms with Crippen LogP contribution in [-0.2, 0) is 26.2 Å². The minimum Gasteiger partial charge on any atom is -0.495 e. The highest BCUT2D eigenvalue weighted by Gasteiger charge is 2.42. The molecule has 1 aromatic heterocycles. The average molecular weight is 600 g/mol. The van der Waals surface area contributed by atoms with Gasteiger partial charge in [-0.15, -0.1) is 0 Å². The molecule has 0 radical (unpaired) electrons. The third kappa shape index (κ3) is 6.23. The number of pyridine rings is 1. The second-order valence-corrected chi connectivity index (χ2v) is 13.4. The van der Waals surface area contributed by atoms with E-state index in [0.717, 1.165) is 17.4 Å². The fourth-order valence-electron chi connectivity index (χ4n) is 4.51. The summed E-state index contributed by atoms with van der Waals surface area (Å²) in [6.07, 6.45) is -5.23. The van der Waals surface area contributed by atoms with Crippen LogP contribution in [0.4, 0.5) is 18.9 Å². The lowest BCUT2D eigenvalue weighted by Gasteiger charge is -2.46. The summed E-state index contributed by atoms with van der Waals surface area (Å²) in [4.78, 5) is 6.81. The Morgan fingerprint density at radius 2 is 1.68 bits per heavy atom. The van der Waals surface area contributed by atoms with E-state index < -0.39 is 44.9 Å². The minimum atomic E-state index is -4.63. The van der Waals surface area contributed by atoms with Gasteiger partial charge in [0.1, 0.15) is 23.1 Å². The average Bonchev–Trinajstić information content (AvgIpc) is 2.87. The summed E-state index contributed by atoms with van der Waals surface area (Å²) >= 11 is 0. The van der Waals surface area contributed by atoms with Crippen molar-refractivity contribution >= 4 is 25.4 Å². The summed E-state index contributed by atoms with van der Waals surface area (Å²) in [6, 6.07) is 13.6. The van der Waals surface area contributed by atoms with Crippen molar-refractivity contribution in [1.29, 1.82) is 0 Å². The second kappa shape index (κ2) is 10.6. The van der Waals surface area contributed by atoms with Gasteiger partial charge in [0.2, 0.25) is 0 Å². The van der Waals surface area contributed by atoms with Gasteiger partial charge in [-0.3, -0.25) is 5.73 Å². The Morgan fingerprint density at radius 3 is 2.27 bits per heavy atom. The summed E-state index contributed by atoms with van der Waals surface area (Å²) in [7, 11) is -5.88. The Balaban J connectivity index is 1.83. The Morgan fingerprint density at radius 1 is 0.975 bits per heavy atom. The number of fused-ring (bicyclic) bond motifs is 1. The summed E-state index contributed by atoms with van der Waals surface area (Å²) in [5.41, 5.74) is 14.1. The number of alkyl halides is 3. The maximum Gasteiger partial charge on any atom is 0.401 e. The zero-order valence-electron chi connectivity index (χ0n) is 21.8. The van der Waals surface area contributed by atoms with Gasteiger partial charge in [0, 0.05) is 24.6 Å². The molecule has 10 nitrogen and oxygen atoms in total. The topological polar surface area (TPSA) is 149 Å². The van der Waals surface area contributed by atoms with Gasteiger partial charge in [-0.25, -0.2) is 26.7 Å². The molecule has 0 aliphatic carbocycles. The lowest BCUT2D eigenvalue weighted by atomic mass is 10.1. The molecule has 0 saturated carbocycles. The van der Waals surface area contributed by atoms with E-state index in [9.17, 15) is 30.0 Å². The van der Waals surface area contributed by atoms with Gasteiger partial charge in [-0.2, -0.15) is 13.2 Å². The molecule has 40 heavy (non-hydrogen) atoms.